The second kappa shape index (κ2) is 13.6. The van der Waals surface area contributed by atoms with Crippen LogP contribution in [0.15, 0.2) is 42.5 Å². The molecule has 1 aliphatic carbocycles. The first-order chi connectivity index (χ1) is 18.9. The van der Waals surface area contributed by atoms with Crippen LogP contribution in [0, 0.1) is 5.92 Å². The topological polar surface area (TPSA) is 134 Å². The molecule has 1 aromatic carbocycles. The number of esters is 1. The monoisotopic (exact) mass is 541 g/mol. The van der Waals surface area contributed by atoms with Crippen molar-refractivity contribution >= 4 is 23.9 Å². The summed E-state index contributed by atoms with van der Waals surface area (Å²) in [7, 11) is 0. The van der Waals surface area contributed by atoms with E-state index in [1.165, 1.54) is 0 Å². The number of cyclic esters (lactones) is 1. The standard InChI is InChI=1S/C29H39N3O7/c33-20-29(14-6-7-15-29)31-25(34)17-22-11-4-5-13-24(30-28(37)39-18-21-9-2-1-3-10-21)27(36)38-19-23-12-8-16-32(23)26(22)35/h1-5,9-10,22-24,33H,6-8,11-20H2,(H,30,37)(H,31,34). The predicted octanol–water partition coefficient (Wildman–Crippen LogP) is 2.59. The maximum absolute atomic E-state index is 13.5. The number of hydrogen-bond acceptors (Lipinski definition) is 7. The lowest BCUT2D eigenvalue weighted by molar-refractivity contribution is -0.150. The summed E-state index contributed by atoms with van der Waals surface area (Å²) in [5, 5.41) is 15.5. The summed E-state index contributed by atoms with van der Waals surface area (Å²) in [5.41, 5.74) is 0.229. The Morgan fingerprint density at radius 1 is 1.08 bits per heavy atom. The van der Waals surface area contributed by atoms with Crippen molar-refractivity contribution < 1.29 is 33.8 Å². The van der Waals surface area contributed by atoms with E-state index in [4.69, 9.17) is 9.47 Å². The number of nitrogens with zero attached hydrogens (tertiary/aromatic N) is 1. The Morgan fingerprint density at radius 2 is 1.82 bits per heavy atom. The highest BCUT2D eigenvalue weighted by Crippen LogP contribution is 2.30. The van der Waals surface area contributed by atoms with Gasteiger partial charge in [0, 0.05) is 13.0 Å². The molecule has 0 bridgehead atoms. The highest BCUT2D eigenvalue weighted by Gasteiger charge is 2.38. The number of fused-ring (bicyclic) bond motifs is 1. The Labute approximate surface area is 229 Å². The summed E-state index contributed by atoms with van der Waals surface area (Å²) >= 11 is 0. The van der Waals surface area contributed by atoms with Gasteiger partial charge in [0.05, 0.1) is 24.1 Å². The summed E-state index contributed by atoms with van der Waals surface area (Å²) in [4.78, 5) is 53.4. The molecule has 2 heterocycles. The van der Waals surface area contributed by atoms with Crippen molar-refractivity contribution in [1.82, 2.24) is 15.5 Å². The Bertz CT molecular complexity index is 1040. The third kappa shape index (κ3) is 7.81. The van der Waals surface area contributed by atoms with Crippen LogP contribution in [-0.4, -0.2) is 71.3 Å². The lowest BCUT2D eigenvalue weighted by Gasteiger charge is -2.31. The molecule has 3 amide bonds. The van der Waals surface area contributed by atoms with Gasteiger partial charge < -0.3 is 30.1 Å². The SMILES string of the molecule is O=C(CC1CC=CCC(NC(=O)OCc2ccccc2)C(=O)OCC2CCCN2C1=O)NC1(CO)CCCC1. The molecule has 3 aliphatic rings. The molecule has 10 nitrogen and oxygen atoms in total. The van der Waals surface area contributed by atoms with Crippen molar-refractivity contribution in [1.29, 1.82) is 0 Å². The van der Waals surface area contributed by atoms with Crippen LogP contribution in [0.4, 0.5) is 4.79 Å². The van der Waals surface area contributed by atoms with Gasteiger partial charge in [-0.2, -0.15) is 0 Å². The van der Waals surface area contributed by atoms with Crippen molar-refractivity contribution in [3.05, 3.63) is 48.0 Å². The molecule has 10 heteroatoms. The highest BCUT2D eigenvalue weighted by atomic mass is 16.6. The van der Waals surface area contributed by atoms with E-state index in [9.17, 15) is 24.3 Å². The maximum atomic E-state index is 13.5. The number of amides is 3. The summed E-state index contributed by atoms with van der Waals surface area (Å²) in [6, 6.07) is 8.01. The minimum atomic E-state index is -0.942. The third-order valence-electron chi connectivity index (χ3n) is 7.88. The number of aliphatic hydroxyl groups is 1. The van der Waals surface area contributed by atoms with Crippen LogP contribution < -0.4 is 10.6 Å². The average Bonchev–Trinajstić information content (AvgIpc) is 3.61. The van der Waals surface area contributed by atoms with E-state index in [2.05, 4.69) is 10.6 Å². The molecule has 4 rings (SSSR count). The highest BCUT2D eigenvalue weighted by molar-refractivity contribution is 5.87. The van der Waals surface area contributed by atoms with E-state index in [-0.39, 0.29) is 50.5 Å². The van der Waals surface area contributed by atoms with Crippen molar-refractivity contribution in [3.63, 3.8) is 0 Å². The largest absolute Gasteiger partial charge is 0.462 e. The van der Waals surface area contributed by atoms with Crippen LogP contribution in [0.25, 0.3) is 0 Å². The van der Waals surface area contributed by atoms with Gasteiger partial charge in [0.2, 0.25) is 11.8 Å². The molecule has 0 aromatic heterocycles. The molecule has 3 unspecified atom stereocenters. The molecular formula is C29H39N3O7. The quantitative estimate of drug-likeness (QED) is 0.357. The Hall–Kier alpha value is -3.40. The van der Waals surface area contributed by atoms with Crippen molar-refractivity contribution in [2.45, 2.75) is 82.0 Å². The maximum Gasteiger partial charge on any atom is 0.408 e. The van der Waals surface area contributed by atoms with E-state index in [0.717, 1.165) is 37.7 Å². The van der Waals surface area contributed by atoms with Gasteiger partial charge >= 0.3 is 12.1 Å². The summed E-state index contributed by atoms with van der Waals surface area (Å²) in [6.07, 6.45) is 8.11. The van der Waals surface area contributed by atoms with Crippen LogP contribution in [-0.2, 0) is 30.5 Å². The lowest BCUT2D eigenvalue weighted by atomic mass is 9.94. The van der Waals surface area contributed by atoms with Gasteiger partial charge in [-0.1, -0.05) is 55.3 Å². The van der Waals surface area contributed by atoms with Gasteiger partial charge in [0.25, 0.3) is 0 Å². The fraction of sp³-hybridized carbons (Fsp3) is 0.586. The number of aliphatic hydroxyl groups excluding tert-OH is 1. The second-order valence-corrected chi connectivity index (χ2v) is 10.8. The third-order valence-corrected chi connectivity index (χ3v) is 7.88. The van der Waals surface area contributed by atoms with E-state index in [0.29, 0.717) is 19.4 Å². The van der Waals surface area contributed by atoms with Crippen LogP contribution in [0.5, 0.6) is 0 Å². The number of carbonyl (C=O) groups excluding carboxylic acids is 4. The van der Waals surface area contributed by atoms with Crippen molar-refractivity contribution in [3.8, 4) is 0 Å². The van der Waals surface area contributed by atoms with Crippen molar-refractivity contribution in [2.75, 3.05) is 19.8 Å². The van der Waals surface area contributed by atoms with Crippen LogP contribution in [0.1, 0.15) is 63.4 Å². The van der Waals surface area contributed by atoms with Crippen LogP contribution >= 0.6 is 0 Å². The first-order valence-corrected chi connectivity index (χ1v) is 13.9. The fourth-order valence-electron chi connectivity index (χ4n) is 5.64. The van der Waals surface area contributed by atoms with E-state index in [1.54, 1.807) is 17.1 Å². The first-order valence-electron chi connectivity index (χ1n) is 13.9. The Balaban J connectivity index is 1.41. The van der Waals surface area contributed by atoms with Gasteiger partial charge in [-0.3, -0.25) is 9.59 Å². The minimum absolute atomic E-state index is 0.0153. The molecule has 39 heavy (non-hydrogen) atoms. The number of benzene rings is 1. The van der Waals surface area contributed by atoms with E-state index < -0.39 is 29.6 Å². The number of allylic oxidation sites excluding steroid dienone is 1. The number of hydrogen-bond donors (Lipinski definition) is 3. The van der Waals surface area contributed by atoms with Gasteiger partial charge in [-0.25, -0.2) is 9.59 Å². The number of ether oxygens (including phenoxy) is 2. The zero-order chi connectivity index (χ0) is 27.7. The Kier molecular flexibility index (Phi) is 9.97. The summed E-state index contributed by atoms with van der Waals surface area (Å²) < 4.78 is 10.8. The lowest BCUT2D eigenvalue weighted by Crippen LogP contribution is -2.50. The minimum Gasteiger partial charge on any atom is -0.462 e. The van der Waals surface area contributed by atoms with Gasteiger partial charge in [0.1, 0.15) is 19.3 Å². The average molecular weight is 542 g/mol. The molecule has 2 fully saturated rings. The molecule has 0 radical (unpaired) electrons. The van der Waals surface area contributed by atoms with E-state index >= 15 is 0 Å². The first kappa shape index (κ1) is 28.6. The molecule has 1 aromatic rings. The zero-order valence-electron chi connectivity index (χ0n) is 22.3. The predicted molar refractivity (Wildman–Crippen MR) is 142 cm³/mol. The molecular weight excluding hydrogens is 502 g/mol. The molecule has 1 saturated carbocycles. The normalized spacial score (nSPS) is 25.2. The number of carbonyl (C=O) groups is 4. The molecule has 2 aliphatic heterocycles. The summed E-state index contributed by atoms with van der Waals surface area (Å²) in [6.45, 7) is 0.527. The van der Waals surface area contributed by atoms with Gasteiger partial charge in [-0.15, -0.1) is 0 Å². The molecule has 1 saturated heterocycles. The molecule has 0 spiro atoms. The van der Waals surface area contributed by atoms with E-state index in [1.807, 2.05) is 30.3 Å². The van der Waals surface area contributed by atoms with Crippen LogP contribution in [0.3, 0.4) is 0 Å². The van der Waals surface area contributed by atoms with Crippen molar-refractivity contribution in [2.24, 2.45) is 5.92 Å². The molecule has 212 valence electrons. The number of nitrogens with one attached hydrogen (secondary N) is 2. The number of alkyl carbamates (subject to hydrolysis) is 1. The second-order valence-electron chi connectivity index (χ2n) is 10.8. The fourth-order valence-corrected chi connectivity index (χ4v) is 5.64. The van der Waals surface area contributed by atoms with Crippen LogP contribution in [0.2, 0.25) is 0 Å². The van der Waals surface area contributed by atoms with Gasteiger partial charge in [0.15, 0.2) is 0 Å². The number of rotatable bonds is 7. The Morgan fingerprint density at radius 3 is 2.56 bits per heavy atom. The summed E-state index contributed by atoms with van der Waals surface area (Å²) in [5.74, 6) is -1.53. The molecule has 3 N–H and O–H groups in total. The zero-order valence-corrected chi connectivity index (χ0v) is 22.3. The molecule has 3 atom stereocenters. The smallest absolute Gasteiger partial charge is 0.408 e. The van der Waals surface area contributed by atoms with Gasteiger partial charge in [-0.05, 0) is 44.1 Å².